The summed E-state index contributed by atoms with van der Waals surface area (Å²) in [5.41, 5.74) is 1.05. The molecule has 0 aliphatic carbocycles. The van der Waals surface area contributed by atoms with Crippen molar-refractivity contribution in [2.45, 2.75) is 13.3 Å². The summed E-state index contributed by atoms with van der Waals surface area (Å²) in [6, 6.07) is 0. The van der Waals surface area contributed by atoms with Crippen LogP contribution in [0.25, 0.3) is 0 Å². The van der Waals surface area contributed by atoms with Crippen molar-refractivity contribution < 1.29 is 8.42 Å². The first-order valence-electron chi connectivity index (χ1n) is 4.04. The summed E-state index contributed by atoms with van der Waals surface area (Å²) in [5, 5.41) is 1.27. The van der Waals surface area contributed by atoms with Gasteiger partial charge in [-0.05, 0) is 13.3 Å². The van der Waals surface area contributed by atoms with Gasteiger partial charge in [0.05, 0.1) is 6.54 Å². The molecule has 0 N–H and O–H groups in total. The van der Waals surface area contributed by atoms with Crippen molar-refractivity contribution in [2.24, 2.45) is 4.99 Å². The summed E-state index contributed by atoms with van der Waals surface area (Å²) in [4.78, 5) is 6.12. The van der Waals surface area contributed by atoms with E-state index < -0.39 is 10.3 Å². The Balaban J connectivity index is 2.36. The Hall–Kier alpha value is -1.10. The minimum Gasteiger partial charge on any atom is -0.370 e. The van der Waals surface area contributed by atoms with Gasteiger partial charge in [0.25, 0.3) is 0 Å². The normalized spacial score (nSPS) is 15.5. The van der Waals surface area contributed by atoms with Crippen LogP contribution in [0, 0.1) is 0 Å². The highest BCUT2D eigenvalue weighted by Crippen LogP contribution is 1.99. The van der Waals surface area contributed by atoms with Gasteiger partial charge < -0.3 is 4.90 Å². The van der Waals surface area contributed by atoms with Crippen molar-refractivity contribution in [3.63, 3.8) is 0 Å². The van der Waals surface area contributed by atoms with Gasteiger partial charge in [-0.15, -0.1) is 0 Å². The van der Waals surface area contributed by atoms with Crippen molar-refractivity contribution >= 4 is 21.4 Å². The van der Waals surface area contributed by atoms with Crippen LogP contribution >= 0.6 is 0 Å². The third kappa shape index (κ3) is 3.89. The lowest BCUT2D eigenvalue weighted by Gasteiger charge is -2.21. The fourth-order valence-electron chi connectivity index (χ4n) is 1.11. The van der Waals surface area contributed by atoms with E-state index in [-0.39, 0.29) is 0 Å². The standard InChI is InChI=1S/C8H12N2O2S/c1-8-7-10(5-3-9-8)4-2-6-13(11)12/h3,5-6H,2,4,7H2,1H3. The van der Waals surface area contributed by atoms with Gasteiger partial charge in [0.15, 0.2) is 0 Å². The summed E-state index contributed by atoms with van der Waals surface area (Å²) < 4.78 is 20.4. The SMILES string of the molecule is CC1=NC=CN(CCC=S(=O)=O)C1. The van der Waals surface area contributed by atoms with Crippen LogP contribution in [-0.2, 0) is 10.3 Å². The Bertz CT molecular complexity index is 346. The van der Waals surface area contributed by atoms with Crippen LogP contribution in [0.2, 0.25) is 0 Å². The van der Waals surface area contributed by atoms with Gasteiger partial charge in [-0.3, -0.25) is 4.99 Å². The van der Waals surface area contributed by atoms with Crippen LogP contribution in [-0.4, -0.2) is 37.5 Å². The molecule has 0 fully saturated rings. The molecule has 0 saturated heterocycles. The van der Waals surface area contributed by atoms with E-state index in [2.05, 4.69) is 4.99 Å². The molecule has 0 unspecified atom stereocenters. The summed E-state index contributed by atoms with van der Waals surface area (Å²) in [7, 11) is -2.03. The predicted molar refractivity (Wildman–Crippen MR) is 53.4 cm³/mol. The highest BCUT2D eigenvalue weighted by molar-refractivity contribution is 7.71. The molecule has 0 aromatic carbocycles. The second-order valence-corrected chi connectivity index (χ2v) is 3.70. The number of nitrogens with zero attached hydrogens (tertiary/aromatic N) is 2. The molecule has 0 amide bonds. The van der Waals surface area contributed by atoms with E-state index in [0.29, 0.717) is 6.42 Å². The van der Waals surface area contributed by atoms with Crippen LogP contribution < -0.4 is 0 Å². The molecule has 1 aliphatic heterocycles. The third-order valence-electron chi connectivity index (χ3n) is 1.67. The molecule has 0 spiro atoms. The first-order valence-corrected chi connectivity index (χ1v) is 5.17. The van der Waals surface area contributed by atoms with Crippen LogP contribution in [0.5, 0.6) is 0 Å². The van der Waals surface area contributed by atoms with Crippen molar-refractivity contribution in [1.82, 2.24) is 4.90 Å². The van der Waals surface area contributed by atoms with Gasteiger partial charge in [-0.2, -0.15) is 8.42 Å². The molecule has 72 valence electrons. The smallest absolute Gasteiger partial charge is 0.210 e. The second kappa shape index (κ2) is 4.81. The molecule has 5 heteroatoms. The lowest BCUT2D eigenvalue weighted by molar-refractivity contribution is 0.435. The molecule has 0 atom stereocenters. The highest BCUT2D eigenvalue weighted by atomic mass is 32.2. The summed E-state index contributed by atoms with van der Waals surface area (Å²) in [6.07, 6.45) is 4.15. The van der Waals surface area contributed by atoms with Crippen LogP contribution in [0.4, 0.5) is 0 Å². The molecule has 4 nitrogen and oxygen atoms in total. The summed E-state index contributed by atoms with van der Waals surface area (Å²) in [6.45, 7) is 3.46. The number of aliphatic imine (C=N–C) groups is 1. The number of rotatable bonds is 3. The Kier molecular flexibility index (Phi) is 3.70. The van der Waals surface area contributed by atoms with Crippen LogP contribution in [0.15, 0.2) is 17.4 Å². The monoisotopic (exact) mass is 200 g/mol. The zero-order chi connectivity index (χ0) is 9.68. The molecule has 13 heavy (non-hydrogen) atoms. The van der Waals surface area contributed by atoms with Gasteiger partial charge in [0.1, 0.15) is 0 Å². The first-order chi connectivity index (χ1) is 6.18. The van der Waals surface area contributed by atoms with Gasteiger partial charge in [0.2, 0.25) is 10.3 Å². The molecule has 1 aliphatic rings. The molecular weight excluding hydrogens is 188 g/mol. The molecule has 0 aromatic heterocycles. The minimum absolute atomic E-state index is 0.549. The van der Waals surface area contributed by atoms with Gasteiger partial charge in [-0.1, -0.05) is 0 Å². The van der Waals surface area contributed by atoms with Crippen molar-refractivity contribution in [1.29, 1.82) is 0 Å². The van der Waals surface area contributed by atoms with Crippen molar-refractivity contribution in [3.8, 4) is 0 Å². The lowest BCUT2D eigenvalue weighted by Crippen LogP contribution is -2.26. The van der Waals surface area contributed by atoms with E-state index in [4.69, 9.17) is 0 Å². The van der Waals surface area contributed by atoms with E-state index >= 15 is 0 Å². The van der Waals surface area contributed by atoms with Crippen LogP contribution in [0.1, 0.15) is 13.3 Å². The van der Waals surface area contributed by atoms with Gasteiger partial charge in [0, 0.05) is 30.0 Å². The summed E-state index contributed by atoms with van der Waals surface area (Å²) in [5.74, 6) is 0. The predicted octanol–water partition coefficient (Wildman–Crippen LogP) is 0.306. The molecule has 1 heterocycles. The fraction of sp³-hybridized carbons (Fsp3) is 0.500. The lowest BCUT2D eigenvalue weighted by atomic mass is 10.3. The topological polar surface area (TPSA) is 49.7 Å². The van der Waals surface area contributed by atoms with E-state index in [0.717, 1.165) is 18.8 Å². The summed E-state index contributed by atoms with van der Waals surface area (Å²) >= 11 is 0. The van der Waals surface area contributed by atoms with Gasteiger partial charge >= 0.3 is 0 Å². The Morgan fingerprint density at radius 1 is 1.69 bits per heavy atom. The largest absolute Gasteiger partial charge is 0.370 e. The maximum Gasteiger partial charge on any atom is 0.210 e. The maximum atomic E-state index is 10.2. The molecular formula is C8H12N2O2S. The average molecular weight is 200 g/mol. The van der Waals surface area contributed by atoms with E-state index in [1.54, 1.807) is 6.20 Å². The van der Waals surface area contributed by atoms with E-state index in [1.807, 2.05) is 18.0 Å². The van der Waals surface area contributed by atoms with Crippen LogP contribution in [0.3, 0.4) is 0 Å². The van der Waals surface area contributed by atoms with E-state index in [9.17, 15) is 8.42 Å². The van der Waals surface area contributed by atoms with Crippen molar-refractivity contribution in [2.75, 3.05) is 13.1 Å². The quantitative estimate of drug-likeness (QED) is 0.616. The molecule has 0 aromatic rings. The number of hydrogen-bond donors (Lipinski definition) is 0. The third-order valence-corrected chi connectivity index (χ3v) is 2.18. The Morgan fingerprint density at radius 3 is 3.08 bits per heavy atom. The zero-order valence-electron chi connectivity index (χ0n) is 7.47. The fourth-order valence-corrected chi connectivity index (χ4v) is 1.41. The first kappa shape index (κ1) is 9.98. The molecule has 0 bridgehead atoms. The van der Waals surface area contributed by atoms with Gasteiger partial charge in [-0.25, -0.2) is 0 Å². The highest BCUT2D eigenvalue weighted by Gasteiger charge is 2.03. The minimum atomic E-state index is -2.03. The molecule has 1 rings (SSSR count). The average Bonchev–Trinajstić information content (AvgIpc) is 2.03. The Labute approximate surface area is 79.1 Å². The van der Waals surface area contributed by atoms with Crippen molar-refractivity contribution in [3.05, 3.63) is 12.4 Å². The zero-order valence-corrected chi connectivity index (χ0v) is 8.29. The maximum absolute atomic E-state index is 10.2. The molecule has 0 radical (unpaired) electrons. The number of hydrogen-bond acceptors (Lipinski definition) is 4. The molecule has 0 saturated carbocycles. The second-order valence-electron chi connectivity index (χ2n) is 2.85. The van der Waals surface area contributed by atoms with E-state index in [1.165, 1.54) is 5.37 Å². The Morgan fingerprint density at radius 2 is 2.46 bits per heavy atom.